The highest BCUT2D eigenvalue weighted by molar-refractivity contribution is 7.99. The molecule has 0 fully saturated rings. The van der Waals surface area contributed by atoms with Gasteiger partial charge in [0.25, 0.3) is 5.91 Å². The normalized spacial score (nSPS) is 10.8. The van der Waals surface area contributed by atoms with E-state index in [1.807, 2.05) is 51.1 Å². The van der Waals surface area contributed by atoms with Gasteiger partial charge in [0, 0.05) is 33.2 Å². The minimum absolute atomic E-state index is 0.0270. The maximum atomic E-state index is 12.2. The Kier molecular flexibility index (Phi) is 16.8. The van der Waals surface area contributed by atoms with Gasteiger partial charge in [0.05, 0.1) is 5.69 Å². The van der Waals surface area contributed by atoms with E-state index in [9.17, 15) is 4.79 Å². The van der Waals surface area contributed by atoms with Gasteiger partial charge in [-0.05, 0) is 57.9 Å². The predicted molar refractivity (Wildman–Crippen MR) is 147 cm³/mol. The molecule has 4 heteroatoms. The summed E-state index contributed by atoms with van der Waals surface area (Å²) < 4.78 is 0. The zero-order valence-corrected chi connectivity index (χ0v) is 21.5. The third-order valence-electron chi connectivity index (χ3n) is 4.29. The van der Waals surface area contributed by atoms with Gasteiger partial charge in [0.2, 0.25) is 0 Å². The van der Waals surface area contributed by atoms with Crippen molar-refractivity contribution in [2.45, 2.75) is 63.7 Å². The lowest BCUT2D eigenvalue weighted by Crippen LogP contribution is -2.24. The first kappa shape index (κ1) is 30.0. The number of carbonyl (C=O) groups is 1. The van der Waals surface area contributed by atoms with E-state index in [-0.39, 0.29) is 5.91 Å². The van der Waals surface area contributed by atoms with Crippen LogP contribution in [0.15, 0.2) is 82.1 Å². The summed E-state index contributed by atoms with van der Waals surface area (Å²) in [7, 11) is 0. The zero-order chi connectivity index (χ0) is 25.1. The Labute approximate surface area is 205 Å². The summed E-state index contributed by atoms with van der Waals surface area (Å²) in [5.41, 5.74) is 3.67. The van der Waals surface area contributed by atoms with Crippen molar-refractivity contribution in [2.24, 2.45) is 4.99 Å². The van der Waals surface area contributed by atoms with Crippen molar-refractivity contribution < 1.29 is 4.79 Å². The standard InChI is InChI=1S/C19H20N2OS.C5H10.C3H6.C2H2/c1-3-4-11-20-19(22)14-9-10-18-16(12-14)21-13(2)15-7-5-6-8-17(15)23-18;1-3-5-4-2;1-3-2;1-2/h5-10,12H,3-4,11H2,1-2H3,(H,20,22);3,5H,4H2,1-2H3;3H,1H2,2H3;1-2H/b;5-3-;;. The van der Waals surface area contributed by atoms with E-state index >= 15 is 0 Å². The minimum atomic E-state index is -0.0270. The lowest BCUT2D eigenvalue weighted by atomic mass is 10.1. The topological polar surface area (TPSA) is 41.5 Å². The molecule has 1 heterocycles. The van der Waals surface area contributed by atoms with Crippen molar-refractivity contribution in [1.82, 2.24) is 5.32 Å². The molecule has 0 spiro atoms. The maximum absolute atomic E-state index is 12.2. The molecule has 176 valence electrons. The van der Waals surface area contributed by atoms with Gasteiger partial charge in [-0.25, -0.2) is 0 Å². The first-order valence-electron chi connectivity index (χ1n) is 11.3. The molecular weight excluding hydrogens is 424 g/mol. The number of nitrogens with zero attached hydrogens (tertiary/aromatic N) is 1. The number of unbranched alkanes of at least 4 members (excludes halogenated alkanes) is 1. The van der Waals surface area contributed by atoms with Crippen molar-refractivity contribution in [1.29, 1.82) is 0 Å². The van der Waals surface area contributed by atoms with E-state index in [1.54, 1.807) is 17.8 Å². The number of benzene rings is 2. The van der Waals surface area contributed by atoms with Crippen LogP contribution in [0.2, 0.25) is 0 Å². The van der Waals surface area contributed by atoms with Gasteiger partial charge in [0.1, 0.15) is 0 Å². The van der Waals surface area contributed by atoms with E-state index in [4.69, 9.17) is 4.99 Å². The van der Waals surface area contributed by atoms with E-state index in [1.165, 1.54) is 4.90 Å². The smallest absolute Gasteiger partial charge is 0.251 e. The molecule has 3 rings (SSSR count). The SMILES string of the molecule is C#C.C/C=C\CC.C=CC.CCCCNC(=O)c1ccc2c(c1)N=C(C)c1ccccc1S2. The van der Waals surface area contributed by atoms with Crippen molar-refractivity contribution in [3.05, 3.63) is 78.4 Å². The van der Waals surface area contributed by atoms with Crippen LogP contribution in [-0.2, 0) is 0 Å². The highest BCUT2D eigenvalue weighted by atomic mass is 32.2. The van der Waals surface area contributed by atoms with Crippen LogP contribution in [-0.4, -0.2) is 18.2 Å². The Morgan fingerprint density at radius 3 is 2.36 bits per heavy atom. The molecule has 1 amide bonds. The van der Waals surface area contributed by atoms with E-state index < -0.39 is 0 Å². The predicted octanol–water partition coefficient (Wildman–Crippen LogP) is 8.24. The van der Waals surface area contributed by atoms with Gasteiger partial charge in [0.15, 0.2) is 0 Å². The first-order valence-corrected chi connectivity index (χ1v) is 12.1. The quantitative estimate of drug-likeness (QED) is 0.276. The molecule has 3 nitrogen and oxygen atoms in total. The highest BCUT2D eigenvalue weighted by Gasteiger charge is 2.16. The lowest BCUT2D eigenvalue weighted by molar-refractivity contribution is 0.0953. The first-order chi connectivity index (χ1) is 16.0. The van der Waals surface area contributed by atoms with Crippen LogP contribution in [0.3, 0.4) is 0 Å². The summed E-state index contributed by atoms with van der Waals surface area (Å²) in [6.07, 6.45) is 17.2. The summed E-state index contributed by atoms with van der Waals surface area (Å²) in [6.45, 7) is 14.3. The van der Waals surface area contributed by atoms with Crippen LogP contribution in [0, 0.1) is 12.8 Å². The molecule has 0 aliphatic carbocycles. The maximum Gasteiger partial charge on any atom is 0.251 e. The molecule has 0 bridgehead atoms. The van der Waals surface area contributed by atoms with Crippen LogP contribution in [0.25, 0.3) is 0 Å². The number of allylic oxidation sites excluding steroid dienone is 3. The largest absolute Gasteiger partial charge is 0.352 e. The third kappa shape index (κ3) is 10.9. The number of terminal acetylenes is 1. The van der Waals surface area contributed by atoms with Gasteiger partial charge in [-0.15, -0.1) is 19.4 Å². The molecule has 1 aliphatic rings. The Bertz CT molecular complexity index is 942. The molecule has 0 aromatic heterocycles. The molecule has 2 aromatic carbocycles. The molecule has 0 atom stereocenters. The number of fused-ring (bicyclic) bond motifs is 2. The van der Waals surface area contributed by atoms with Gasteiger partial charge < -0.3 is 5.32 Å². The van der Waals surface area contributed by atoms with Gasteiger partial charge >= 0.3 is 0 Å². The Balaban J connectivity index is 0.000000877. The number of nitrogens with one attached hydrogen (secondary N) is 1. The van der Waals surface area contributed by atoms with E-state index in [0.29, 0.717) is 5.56 Å². The van der Waals surface area contributed by atoms with Crippen molar-refractivity contribution in [3.8, 4) is 12.8 Å². The summed E-state index contributed by atoms with van der Waals surface area (Å²) in [6, 6.07) is 14.0. The fourth-order valence-electron chi connectivity index (χ4n) is 2.76. The van der Waals surface area contributed by atoms with Gasteiger partial charge in [-0.1, -0.05) is 68.5 Å². The second-order valence-corrected chi connectivity index (χ2v) is 8.06. The number of hydrogen-bond acceptors (Lipinski definition) is 3. The number of aliphatic imine (C=N–C) groups is 1. The monoisotopic (exact) mass is 462 g/mol. The van der Waals surface area contributed by atoms with Crippen LogP contribution in [0.1, 0.15) is 69.8 Å². The van der Waals surface area contributed by atoms with E-state index in [0.717, 1.165) is 47.7 Å². The second kappa shape index (κ2) is 18.5. The Morgan fingerprint density at radius 1 is 1.12 bits per heavy atom. The number of amides is 1. The molecule has 0 saturated carbocycles. The van der Waals surface area contributed by atoms with Gasteiger partial charge in [-0.3, -0.25) is 9.79 Å². The van der Waals surface area contributed by atoms with Crippen molar-refractivity contribution >= 4 is 29.1 Å². The highest BCUT2D eigenvalue weighted by Crippen LogP contribution is 2.40. The van der Waals surface area contributed by atoms with Crippen molar-refractivity contribution in [2.75, 3.05) is 6.54 Å². The Hall–Kier alpha value is -3.03. The zero-order valence-electron chi connectivity index (χ0n) is 20.7. The average molecular weight is 463 g/mol. The number of hydrogen-bond donors (Lipinski definition) is 1. The third-order valence-corrected chi connectivity index (χ3v) is 5.43. The summed E-state index contributed by atoms with van der Waals surface area (Å²) in [5.74, 6) is -0.0270. The summed E-state index contributed by atoms with van der Waals surface area (Å²) in [5, 5.41) is 2.96. The number of carbonyl (C=O) groups excluding carboxylic acids is 1. The molecule has 1 aliphatic heterocycles. The lowest BCUT2D eigenvalue weighted by Gasteiger charge is -2.08. The average Bonchev–Trinajstić information content (AvgIpc) is 2.97. The second-order valence-electron chi connectivity index (χ2n) is 6.97. The molecular formula is C29H38N2OS. The summed E-state index contributed by atoms with van der Waals surface area (Å²) in [4.78, 5) is 19.2. The van der Waals surface area contributed by atoms with Crippen LogP contribution in [0.5, 0.6) is 0 Å². The molecule has 0 unspecified atom stereocenters. The van der Waals surface area contributed by atoms with Crippen molar-refractivity contribution in [3.63, 3.8) is 0 Å². The van der Waals surface area contributed by atoms with Crippen LogP contribution >= 0.6 is 11.8 Å². The molecule has 33 heavy (non-hydrogen) atoms. The fraction of sp³-hybridized carbons (Fsp3) is 0.310. The van der Waals surface area contributed by atoms with Crippen LogP contribution < -0.4 is 5.32 Å². The summed E-state index contributed by atoms with van der Waals surface area (Å²) >= 11 is 1.70. The van der Waals surface area contributed by atoms with E-state index in [2.05, 4.69) is 62.9 Å². The Morgan fingerprint density at radius 2 is 1.79 bits per heavy atom. The molecule has 2 aromatic rings. The fourth-order valence-corrected chi connectivity index (χ4v) is 3.82. The number of rotatable bonds is 5. The minimum Gasteiger partial charge on any atom is -0.352 e. The molecule has 0 radical (unpaired) electrons. The van der Waals surface area contributed by atoms with Gasteiger partial charge in [-0.2, -0.15) is 0 Å². The molecule has 0 saturated heterocycles. The van der Waals surface area contributed by atoms with Crippen LogP contribution in [0.4, 0.5) is 5.69 Å². The molecule has 1 N–H and O–H groups in total.